The quantitative estimate of drug-likeness (QED) is 0.790. The average molecular weight is 373 g/mol. The van der Waals surface area contributed by atoms with Crippen LogP contribution in [-0.4, -0.2) is 74.6 Å². The van der Waals surface area contributed by atoms with E-state index in [-0.39, 0.29) is 24.3 Å². The molecular weight excluding hydrogens is 342 g/mol. The van der Waals surface area contributed by atoms with Crippen LogP contribution in [-0.2, 0) is 20.7 Å². The first-order valence-electron chi connectivity index (χ1n) is 10.0. The van der Waals surface area contributed by atoms with Gasteiger partial charge in [0, 0.05) is 52.1 Å². The van der Waals surface area contributed by atoms with E-state index in [1.165, 1.54) is 18.4 Å². The summed E-state index contributed by atoms with van der Waals surface area (Å²) in [6, 6.07) is 8.53. The molecular formula is C21H31N3O3. The van der Waals surface area contributed by atoms with Crippen LogP contribution in [0.5, 0.6) is 0 Å². The number of aryl methyl sites for hydroxylation is 1. The second-order valence-corrected chi connectivity index (χ2v) is 7.41. The zero-order valence-electron chi connectivity index (χ0n) is 16.5. The molecule has 0 spiro atoms. The van der Waals surface area contributed by atoms with Gasteiger partial charge in [-0.05, 0) is 30.9 Å². The van der Waals surface area contributed by atoms with Gasteiger partial charge in [-0.3, -0.25) is 9.59 Å². The summed E-state index contributed by atoms with van der Waals surface area (Å²) in [5.74, 6) is 0.110. The molecule has 0 aliphatic carbocycles. The highest BCUT2D eigenvalue weighted by Gasteiger charge is 2.32. The van der Waals surface area contributed by atoms with Crippen LogP contribution in [0.4, 0.5) is 5.69 Å². The van der Waals surface area contributed by atoms with E-state index in [1.54, 1.807) is 4.90 Å². The minimum atomic E-state index is -0.0750. The fourth-order valence-electron chi connectivity index (χ4n) is 4.16. The van der Waals surface area contributed by atoms with Crippen molar-refractivity contribution in [3.63, 3.8) is 0 Å². The van der Waals surface area contributed by atoms with Crippen molar-refractivity contribution in [3.8, 4) is 0 Å². The Morgan fingerprint density at radius 1 is 1.07 bits per heavy atom. The molecule has 2 fully saturated rings. The Morgan fingerprint density at radius 2 is 1.81 bits per heavy atom. The van der Waals surface area contributed by atoms with Gasteiger partial charge in [0.05, 0.1) is 5.92 Å². The highest BCUT2D eigenvalue weighted by Crippen LogP contribution is 2.24. The standard InChI is InChI=1S/C21H31N3O3/c1-3-17-7-4-5-9-19(17)22-11-13-23(14-12-22)21(26)18-8-6-10-24(15-18)20(25)16-27-2/h4-5,7,9,18H,3,6,8,10-16H2,1-2H3. The predicted octanol–water partition coefficient (Wildman–Crippen LogP) is 1.78. The van der Waals surface area contributed by atoms with E-state index >= 15 is 0 Å². The fraction of sp³-hybridized carbons (Fsp3) is 0.619. The largest absolute Gasteiger partial charge is 0.375 e. The van der Waals surface area contributed by atoms with E-state index in [1.807, 2.05) is 4.90 Å². The third-order valence-corrected chi connectivity index (χ3v) is 5.70. The molecule has 2 aliphatic rings. The van der Waals surface area contributed by atoms with Crippen molar-refractivity contribution in [2.45, 2.75) is 26.2 Å². The molecule has 2 amide bonds. The smallest absolute Gasteiger partial charge is 0.248 e. The van der Waals surface area contributed by atoms with Crippen LogP contribution in [0.1, 0.15) is 25.3 Å². The minimum Gasteiger partial charge on any atom is -0.375 e. The number of carbonyl (C=O) groups is 2. The number of hydrogen-bond acceptors (Lipinski definition) is 4. The first-order chi connectivity index (χ1) is 13.1. The summed E-state index contributed by atoms with van der Waals surface area (Å²) >= 11 is 0. The van der Waals surface area contributed by atoms with Gasteiger partial charge in [-0.2, -0.15) is 0 Å². The maximum absolute atomic E-state index is 13.0. The van der Waals surface area contributed by atoms with Gasteiger partial charge in [-0.1, -0.05) is 25.1 Å². The number of piperazine rings is 1. The molecule has 1 atom stereocenters. The Hall–Kier alpha value is -2.08. The third-order valence-electron chi connectivity index (χ3n) is 5.70. The van der Waals surface area contributed by atoms with Gasteiger partial charge in [-0.25, -0.2) is 0 Å². The first kappa shape index (κ1) is 19.7. The van der Waals surface area contributed by atoms with E-state index in [0.29, 0.717) is 6.54 Å². The molecule has 6 nitrogen and oxygen atoms in total. The summed E-state index contributed by atoms with van der Waals surface area (Å²) < 4.78 is 4.95. The highest BCUT2D eigenvalue weighted by molar-refractivity contribution is 5.82. The van der Waals surface area contributed by atoms with Crippen LogP contribution in [0.25, 0.3) is 0 Å². The number of carbonyl (C=O) groups excluding carboxylic acids is 2. The van der Waals surface area contributed by atoms with Crippen molar-refractivity contribution in [1.29, 1.82) is 0 Å². The van der Waals surface area contributed by atoms with E-state index < -0.39 is 0 Å². The lowest BCUT2D eigenvalue weighted by Gasteiger charge is -2.40. The topological polar surface area (TPSA) is 53.1 Å². The number of nitrogens with zero attached hydrogens (tertiary/aromatic N) is 3. The molecule has 2 heterocycles. The number of methoxy groups -OCH3 is 1. The second kappa shape index (κ2) is 9.22. The van der Waals surface area contributed by atoms with Crippen molar-refractivity contribution >= 4 is 17.5 Å². The van der Waals surface area contributed by atoms with Gasteiger partial charge >= 0.3 is 0 Å². The molecule has 0 aromatic heterocycles. The van der Waals surface area contributed by atoms with Crippen molar-refractivity contribution < 1.29 is 14.3 Å². The minimum absolute atomic E-state index is 0.0176. The fourth-order valence-corrected chi connectivity index (χ4v) is 4.16. The number of amides is 2. The van der Waals surface area contributed by atoms with Gasteiger partial charge in [0.1, 0.15) is 6.61 Å². The van der Waals surface area contributed by atoms with E-state index in [9.17, 15) is 9.59 Å². The molecule has 0 N–H and O–H groups in total. The molecule has 3 rings (SSSR count). The number of anilines is 1. The average Bonchev–Trinajstić information content (AvgIpc) is 2.73. The molecule has 2 aliphatic heterocycles. The Morgan fingerprint density at radius 3 is 2.52 bits per heavy atom. The maximum atomic E-state index is 13.0. The molecule has 6 heteroatoms. The molecule has 2 saturated heterocycles. The molecule has 0 bridgehead atoms. The molecule has 1 aromatic rings. The summed E-state index contributed by atoms with van der Waals surface area (Å²) in [5, 5.41) is 0. The summed E-state index contributed by atoms with van der Waals surface area (Å²) in [7, 11) is 1.53. The lowest BCUT2D eigenvalue weighted by atomic mass is 9.96. The Kier molecular flexibility index (Phi) is 6.72. The van der Waals surface area contributed by atoms with Gasteiger partial charge in [0.15, 0.2) is 0 Å². The summed E-state index contributed by atoms with van der Waals surface area (Å²) in [6.45, 7) is 6.75. The molecule has 27 heavy (non-hydrogen) atoms. The number of hydrogen-bond donors (Lipinski definition) is 0. The number of likely N-dealkylation sites (tertiary alicyclic amines) is 1. The SMILES string of the molecule is CCc1ccccc1N1CCN(C(=O)C2CCCN(C(=O)COC)C2)CC1. The van der Waals surface area contributed by atoms with Gasteiger partial charge < -0.3 is 19.4 Å². The number of rotatable bonds is 5. The van der Waals surface area contributed by atoms with E-state index in [0.717, 1.165) is 52.0 Å². The number of benzene rings is 1. The van der Waals surface area contributed by atoms with Crippen molar-refractivity contribution in [1.82, 2.24) is 9.80 Å². The summed E-state index contributed by atoms with van der Waals surface area (Å²) in [5.41, 5.74) is 2.65. The Balaban J connectivity index is 1.56. The predicted molar refractivity (Wildman–Crippen MR) is 106 cm³/mol. The zero-order chi connectivity index (χ0) is 19.2. The Bertz CT molecular complexity index is 656. The lowest BCUT2D eigenvalue weighted by Crippen LogP contribution is -2.53. The van der Waals surface area contributed by atoms with Crippen LogP contribution in [0, 0.1) is 5.92 Å². The van der Waals surface area contributed by atoms with Crippen molar-refractivity contribution in [2.75, 3.05) is 57.9 Å². The van der Waals surface area contributed by atoms with Gasteiger partial charge in [0.25, 0.3) is 0 Å². The van der Waals surface area contributed by atoms with Crippen LogP contribution in [0.2, 0.25) is 0 Å². The molecule has 1 aromatic carbocycles. The van der Waals surface area contributed by atoms with E-state index in [4.69, 9.17) is 4.74 Å². The summed E-state index contributed by atoms with van der Waals surface area (Å²) in [6.07, 6.45) is 2.77. The number of piperidine rings is 1. The number of para-hydroxylation sites is 1. The van der Waals surface area contributed by atoms with Gasteiger partial charge in [0.2, 0.25) is 11.8 Å². The van der Waals surface area contributed by atoms with Crippen LogP contribution in [0.3, 0.4) is 0 Å². The van der Waals surface area contributed by atoms with Crippen molar-refractivity contribution in [2.24, 2.45) is 5.92 Å². The van der Waals surface area contributed by atoms with Crippen molar-refractivity contribution in [3.05, 3.63) is 29.8 Å². The highest BCUT2D eigenvalue weighted by atomic mass is 16.5. The van der Waals surface area contributed by atoms with E-state index in [2.05, 4.69) is 36.1 Å². The first-order valence-corrected chi connectivity index (χ1v) is 10.0. The number of ether oxygens (including phenoxy) is 1. The second-order valence-electron chi connectivity index (χ2n) is 7.41. The van der Waals surface area contributed by atoms with Gasteiger partial charge in [-0.15, -0.1) is 0 Å². The Labute approximate surface area is 162 Å². The zero-order valence-corrected chi connectivity index (χ0v) is 16.5. The monoisotopic (exact) mass is 373 g/mol. The molecule has 0 radical (unpaired) electrons. The van der Waals surface area contributed by atoms with Crippen LogP contribution < -0.4 is 4.90 Å². The molecule has 148 valence electrons. The van der Waals surface area contributed by atoms with Crippen LogP contribution >= 0.6 is 0 Å². The van der Waals surface area contributed by atoms with Crippen LogP contribution in [0.15, 0.2) is 24.3 Å². The molecule has 1 unspecified atom stereocenters. The maximum Gasteiger partial charge on any atom is 0.248 e. The normalized spacial score (nSPS) is 20.7. The third kappa shape index (κ3) is 4.61. The lowest BCUT2D eigenvalue weighted by molar-refractivity contribution is -0.142. The molecule has 0 saturated carbocycles. The summed E-state index contributed by atoms with van der Waals surface area (Å²) in [4.78, 5) is 31.2.